The molecule has 0 aliphatic carbocycles. The molecule has 0 aromatic heterocycles. The topological polar surface area (TPSA) is 43.4 Å². The smallest absolute Gasteiger partial charge is 0.376 e. The first-order valence-electron chi connectivity index (χ1n) is 10.5. The molecule has 0 unspecified atom stereocenters. The Kier molecular flexibility index (Phi) is 6.64. The molecule has 0 radical (unpaired) electrons. The van der Waals surface area contributed by atoms with Crippen molar-refractivity contribution in [2.75, 3.05) is 0 Å². The van der Waals surface area contributed by atoms with Crippen molar-refractivity contribution in [2.24, 2.45) is 0 Å². The first kappa shape index (κ1) is 26.4. The molecule has 13 heteroatoms. The van der Waals surface area contributed by atoms with Crippen LogP contribution < -0.4 is 4.18 Å². The maximum absolute atomic E-state index is 14.2. The van der Waals surface area contributed by atoms with Gasteiger partial charge in [-0.15, -0.1) is 0 Å². The zero-order valence-electron chi connectivity index (χ0n) is 18.5. The molecular weight excluding hydrogens is 577 g/mol. The molecule has 196 valence electrons. The average Bonchev–Trinajstić information content (AvgIpc) is 2.85. The Bertz CT molecular complexity index is 1600. The van der Waals surface area contributed by atoms with E-state index in [2.05, 4.69) is 4.18 Å². The van der Waals surface area contributed by atoms with Crippen LogP contribution >= 0.6 is 11.8 Å². The van der Waals surface area contributed by atoms with E-state index in [1.165, 1.54) is 12.1 Å². The van der Waals surface area contributed by atoms with Gasteiger partial charge in [-0.3, -0.25) is 0 Å². The fraction of sp³-hybridized carbons (Fsp3) is 0.0400. The van der Waals surface area contributed by atoms with Crippen LogP contribution in [0, 0.1) is 23.3 Å². The number of hydrogen-bond acceptors (Lipinski definition) is 4. The molecule has 0 amide bonds. The molecule has 5 rings (SSSR count). The van der Waals surface area contributed by atoms with Crippen molar-refractivity contribution < 1.29 is 43.3 Å². The summed E-state index contributed by atoms with van der Waals surface area (Å²) in [5.74, 6) is -4.84. The van der Waals surface area contributed by atoms with E-state index in [9.17, 15) is 39.2 Å². The Hall–Kier alpha value is -3.16. The van der Waals surface area contributed by atoms with Gasteiger partial charge in [0.1, 0.15) is 16.6 Å². The minimum Gasteiger partial charge on any atom is -0.376 e. The first-order valence-corrected chi connectivity index (χ1v) is 13.9. The lowest BCUT2D eigenvalue weighted by Crippen LogP contribution is -2.28. The van der Waals surface area contributed by atoms with Crippen LogP contribution in [0.1, 0.15) is 0 Å². The highest BCUT2D eigenvalue weighted by Crippen LogP contribution is 2.49. The van der Waals surface area contributed by atoms with E-state index in [1.54, 1.807) is 24.3 Å². The largest absolute Gasteiger partial charge is 0.534 e. The molecule has 4 aromatic rings. The molecule has 4 aromatic carbocycles. The Labute approximate surface area is 218 Å². The molecule has 0 saturated heterocycles. The molecule has 0 spiro atoms. The zero-order chi connectivity index (χ0) is 27.4. The SMILES string of the molecule is O=S(=O)(Oc1ccc(-c2ccc([S+]3c4cc(F)c(F)cc4Sc4cc(F)c(F)cc43)cc2)cc1)C(F)(F)F. The van der Waals surface area contributed by atoms with E-state index in [0.717, 1.165) is 48.2 Å². The van der Waals surface area contributed by atoms with Gasteiger partial charge in [-0.1, -0.05) is 23.9 Å². The molecule has 38 heavy (non-hydrogen) atoms. The van der Waals surface area contributed by atoms with Gasteiger partial charge in [0.2, 0.25) is 0 Å². The fourth-order valence-corrected chi connectivity index (χ4v) is 7.86. The van der Waals surface area contributed by atoms with Crippen molar-refractivity contribution in [1.82, 2.24) is 0 Å². The molecule has 1 heterocycles. The summed E-state index contributed by atoms with van der Waals surface area (Å²) >= 11 is 1.00. The quantitative estimate of drug-likeness (QED) is 0.0933. The fourth-order valence-electron chi connectivity index (χ4n) is 3.65. The summed E-state index contributed by atoms with van der Waals surface area (Å²) in [5.41, 5.74) is -4.47. The van der Waals surface area contributed by atoms with Gasteiger partial charge in [0.05, 0.1) is 9.79 Å². The third-order valence-electron chi connectivity index (χ3n) is 5.40. The van der Waals surface area contributed by atoms with E-state index in [1.807, 2.05) is 0 Å². The predicted octanol–water partition coefficient (Wildman–Crippen LogP) is 7.70. The van der Waals surface area contributed by atoms with E-state index in [4.69, 9.17) is 0 Å². The minimum absolute atomic E-state index is 0.360. The van der Waals surface area contributed by atoms with Crippen LogP contribution in [-0.4, -0.2) is 13.9 Å². The van der Waals surface area contributed by atoms with Crippen molar-refractivity contribution in [1.29, 1.82) is 0 Å². The second-order valence-electron chi connectivity index (χ2n) is 7.87. The third-order valence-corrected chi connectivity index (χ3v) is 10.1. The molecule has 0 fully saturated rings. The highest BCUT2D eigenvalue weighted by Gasteiger charge is 2.48. The Morgan fingerprint density at radius 3 is 1.53 bits per heavy atom. The molecule has 1 aliphatic rings. The molecule has 1 aliphatic heterocycles. The number of alkyl halides is 3. The second-order valence-corrected chi connectivity index (χ2v) is 12.5. The predicted molar refractivity (Wildman–Crippen MR) is 126 cm³/mol. The van der Waals surface area contributed by atoms with Gasteiger partial charge in [-0.2, -0.15) is 21.6 Å². The number of rotatable bonds is 4. The lowest BCUT2D eigenvalue weighted by molar-refractivity contribution is -0.0500. The molecule has 0 bridgehead atoms. The standard InChI is InChI=1S/C25H12F7O3S3/c26-17-9-21-23(11-19(17)28)37(24-12-20(29)18(27)10-22(24)36-21)16-7-3-14(4-8-16)13-1-5-15(6-2-13)35-38(33,34)25(30,31)32/h1-12H/q+1. The van der Waals surface area contributed by atoms with Gasteiger partial charge < -0.3 is 4.18 Å². The third kappa shape index (κ3) is 4.85. The summed E-state index contributed by atoms with van der Waals surface area (Å²) in [6.07, 6.45) is 0. The molecule has 0 N–H and O–H groups in total. The summed E-state index contributed by atoms with van der Waals surface area (Å²) in [5, 5.41) is 0. The van der Waals surface area contributed by atoms with Crippen molar-refractivity contribution in [3.05, 3.63) is 96.1 Å². The van der Waals surface area contributed by atoms with Crippen LogP contribution in [0.4, 0.5) is 30.7 Å². The van der Waals surface area contributed by atoms with Crippen LogP contribution in [0.15, 0.2) is 97.3 Å². The highest BCUT2D eigenvalue weighted by molar-refractivity contribution is 8.04. The van der Waals surface area contributed by atoms with Gasteiger partial charge in [-0.05, 0) is 59.7 Å². The van der Waals surface area contributed by atoms with Gasteiger partial charge in [0.15, 0.2) is 38.0 Å². The van der Waals surface area contributed by atoms with Gasteiger partial charge >= 0.3 is 15.6 Å². The van der Waals surface area contributed by atoms with E-state index in [0.29, 0.717) is 35.6 Å². The van der Waals surface area contributed by atoms with E-state index < -0.39 is 55.5 Å². The summed E-state index contributed by atoms with van der Waals surface area (Å²) in [6.45, 7) is 0. The maximum atomic E-state index is 14.2. The summed E-state index contributed by atoms with van der Waals surface area (Å²) in [7, 11) is -6.92. The van der Waals surface area contributed by atoms with Crippen LogP contribution in [0.2, 0.25) is 0 Å². The summed E-state index contributed by atoms with van der Waals surface area (Å²) in [4.78, 5) is 2.10. The Morgan fingerprint density at radius 1 is 0.658 bits per heavy atom. The summed E-state index contributed by atoms with van der Waals surface area (Å²) < 4.78 is 120. The minimum atomic E-state index is -5.81. The number of benzene rings is 4. The Morgan fingerprint density at radius 2 is 1.08 bits per heavy atom. The normalized spacial score (nSPS) is 13.7. The van der Waals surface area contributed by atoms with E-state index in [-0.39, 0.29) is 0 Å². The highest BCUT2D eigenvalue weighted by atomic mass is 32.2. The monoisotopic (exact) mass is 589 g/mol. The van der Waals surface area contributed by atoms with Crippen LogP contribution in [0.3, 0.4) is 0 Å². The summed E-state index contributed by atoms with van der Waals surface area (Å²) in [6, 6.07) is 15.5. The second kappa shape index (κ2) is 9.54. The van der Waals surface area contributed by atoms with Crippen LogP contribution in [0.5, 0.6) is 5.75 Å². The Balaban J connectivity index is 1.50. The van der Waals surface area contributed by atoms with Crippen LogP contribution in [0.25, 0.3) is 11.1 Å². The van der Waals surface area contributed by atoms with Gasteiger partial charge in [0.25, 0.3) is 0 Å². The molecular formula is C25H12F7O3S3+. The van der Waals surface area contributed by atoms with Crippen molar-refractivity contribution >= 4 is 32.8 Å². The number of fused-ring (bicyclic) bond motifs is 2. The molecule has 0 atom stereocenters. The van der Waals surface area contributed by atoms with Gasteiger partial charge in [0, 0.05) is 12.1 Å². The van der Waals surface area contributed by atoms with Crippen molar-refractivity contribution in [3.8, 4) is 16.9 Å². The van der Waals surface area contributed by atoms with E-state index >= 15 is 0 Å². The number of hydrogen-bond donors (Lipinski definition) is 0. The molecule has 3 nitrogen and oxygen atoms in total. The first-order chi connectivity index (χ1) is 17.8. The van der Waals surface area contributed by atoms with Crippen molar-refractivity contribution in [3.63, 3.8) is 0 Å². The maximum Gasteiger partial charge on any atom is 0.534 e. The lowest BCUT2D eigenvalue weighted by atomic mass is 10.1. The van der Waals surface area contributed by atoms with Gasteiger partial charge in [-0.25, -0.2) is 17.6 Å². The lowest BCUT2D eigenvalue weighted by Gasteiger charge is -2.19. The van der Waals surface area contributed by atoms with Crippen molar-refractivity contribution in [2.45, 2.75) is 30.0 Å². The number of halogens is 7. The van der Waals surface area contributed by atoms with Crippen LogP contribution in [-0.2, 0) is 21.0 Å². The molecule has 0 saturated carbocycles. The average molecular weight is 590 g/mol. The zero-order valence-corrected chi connectivity index (χ0v) is 21.0.